The summed E-state index contributed by atoms with van der Waals surface area (Å²) in [6, 6.07) is 15.1. The number of benzene rings is 2. The van der Waals surface area contributed by atoms with Gasteiger partial charge in [-0.05, 0) is 62.3 Å². The van der Waals surface area contributed by atoms with E-state index in [2.05, 4.69) is 6.07 Å². The number of nitrogens with zero attached hydrogens (tertiary/aromatic N) is 2. The molecule has 1 atom stereocenters. The van der Waals surface area contributed by atoms with E-state index in [1.165, 1.54) is 6.07 Å². The van der Waals surface area contributed by atoms with Crippen molar-refractivity contribution in [2.45, 2.75) is 31.4 Å². The molecule has 0 N–H and O–H groups in total. The Bertz CT molecular complexity index is 790. The summed E-state index contributed by atoms with van der Waals surface area (Å²) >= 11 is 0. The van der Waals surface area contributed by atoms with E-state index in [-0.39, 0.29) is 0 Å². The molecule has 0 aromatic heterocycles. The number of hydrogen-bond acceptors (Lipinski definition) is 2. The summed E-state index contributed by atoms with van der Waals surface area (Å²) < 4.78 is 39.7. The highest BCUT2D eigenvalue weighted by atomic mass is 19.4. The number of aryl methyl sites for hydroxylation is 1. The van der Waals surface area contributed by atoms with Gasteiger partial charge in [0.25, 0.3) is 0 Å². The highest BCUT2D eigenvalue weighted by Crippen LogP contribution is 2.40. The molecule has 2 nitrogen and oxygen atoms in total. The van der Waals surface area contributed by atoms with Crippen LogP contribution in [0, 0.1) is 11.3 Å². The summed E-state index contributed by atoms with van der Waals surface area (Å²) in [5.41, 5.74) is 0.292. The van der Waals surface area contributed by atoms with Crippen molar-refractivity contribution >= 4 is 0 Å². The Kier molecular flexibility index (Phi) is 6.09. The minimum atomic E-state index is -4.44. The van der Waals surface area contributed by atoms with Gasteiger partial charge >= 0.3 is 6.18 Å². The molecule has 2 aromatic rings. The van der Waals surface area contributed by atoms with E-state index >= 15 is 0 Å². The second kappa shape index (κ2) is 7.92. The van der Waals surface area contributed by atoms with E-state index in [1.54, 1.807) is 6.07 Å². The predicted octanol–water partition coefficient (Wildman–Crippen LogP) is 5.03. The zero-order valence-electron chi connectivity index (χ0n) is 15.3. The van der Waals surface area contributed by atoms with Crippen molar-refractivity contribution in [2.24, 2.45) is 0 Å². The quantitative estimate of drug-likeness (QED) is 0.722. The standard InChI is InChI=1S/C21H23F3N2/c1-4-16-8-5-6-11-19(16)20(15-25,12-13-26(2)3)17-9-7-10-18(14-17)21(22,23)24/h5-11,14H,4,12-13H2,1-3H3. The fourth-order valence-corrected chi connectivity index (χ4v) is 3.21. The molecule has 0 fully saturated rings. The lowest BCUT2D eigenvalue weighted by molar-refractivity contribution is -0.137. The Morgan fingerprint density at radius 2 is 1.65 bits per heavy atom. The second-order valence-corrected chi connectivity index (χ2v) is 6.66. The molecule has 0 radical (unpaired) electrons. The number of rotatable bonds is 6. The van der Waals surface area contributed by atoms with E-state index in [0.29, 0.717) is 24.9 Å². The molecule has 26 heavy (non-hydrogen) atoms. The molecule has 2 rings (SSSR count). The maximum Gasteiger partial charge on any atom is 0.416 e. The molecule has 0 heterocycles. The third-order valence-electron chi connectivity index (χ3n) is 4.67. The summed E-state index contributed by atoms with van der Waals surface area (Å²) in [7, 11) is 3.78. The first-order valence-corrected chi connectivity index (χ1v) is 8.56. The second-order valence-electron chi connectivity index (χ2n) is 6.66. The number of alkyl halides is 3. The average molecular weight is 360 g/mol. The zero-order valence-corrected chi connectivity index (χ0v) is 15.3. The molecule has 0 bridgehead atoms. The van der Waals surface area contributed by atoms with E-state index in [0.717, 1.165) is 23.3 Å². The molecule has 0 spiro atoms. The van der Waals surface area contributed by atoms with Gasteiger partial charge in [-0.3, -0.25) is 0 Å². The maximum atomic E-state index is 13.2. The SMILES string of the molecule is CCc1ccccc1C(C#N)(CCN(C)C)c1cccc(C(F)(F)F)c1. The van der Waals surface area contributed by atoms with Crippen LogP contribution in [0.1, 0.15) is 35.6 Å². The van der Waals surface area contributed by atoms with Crippen molar-refractivity contribution < 1.29 is 13.2 Å². The van der Waals surface area contributed by atoms with Gasteiger partial charge in [-0.2, -0.15) is 18.4 Å². The van der Waals surface area contributed by atoms with E-state index < -0.39 is 17.2 Å². The van der Waals surface area contributed by atoms with Crippen LogP contribution in [0.3, 0.4) is 0 Å². The average Bonchev–Trinajstić information content (AvgIpc) is 2.62. The van der Waals surface area contributed by atoms with Crippen LogP contribution >= 0.6 is 0 Å². The van der Waals surface area contributed by atoms with Crippen molar-refractivity contribution in [2.75, 3.05) is 20.6 Å². The Morgan fingerprint density at radius 1 is 1.00 bits per heavy atom. The van der Waals surface area contributed by atoms with Gasteiger partial charge in [0.1, 0.15) is 5.41 Å². The topological polar surface area (TPSA) is 27.0 Å². The summed E-state index contributed by atoms with van der Waals surface area (Å²) in [5, 5.41) is 10.2. The van der Waals surface area contributed by atoms with Gasteiger partial charge < -0.3 is 4.90 Å². The molecular weight excluding hydrogens is 337 g/mol. The van der Waals surface area contributed by atoms with Gasteiger partial charge in [-0.1, -0.05) is 43.3 Å². The lowest BCUT2D eigenvalue weighted by atomic mass is 9.71. The Hall–Kier alpha value is -2.32. The maximum absolute atomic E-state index is 13.2. The molecule has 0 saturated heterocycles. The van der Waals surface area contributed by atoms with Gasteiger partial charge in [0.05, 0.1) is 11.6 Å². The normalized spacial score (nSPS) is 14.1. The molecule has 5 heteroatoms. The van der Waals surface area contributed by atoms with Crippen molar-refractivity contribution in [3.05, 3.63) is 70.8 Å². The molecule has 0 amide bonds. The van der Waals surface area contributed by atoms with E-state index in [4.69, 9.17) is 0 Å². The third kappa shape index (κ3) is 4.08. The van der Waals surface area contributed by atoms with Crippen LogP contribution in [0.4, 0.5) is 13.2 Å². The van der Waals surface area contributed by atoms with E-state index in [9.17, 15) is 18.4 Å². The fourth-order valence-electron chi connectivity index (χ4n) is 3.21. The number of hydrogen-bond donors (Lipinski definition) is 0. The highest BCUT2D eigenvalue weighted by Gasteiger charge is 2.38. The largest absolute Gasteiger partial charge is 0.416 e. The van der Waals surface area contributed by atoms with Gasteiger partial charge in [0.15, 0.2) is 0 Å². The van der Waals surface area contributed by atoms with Crippen LogP contribution in [0.25, 0.3) is 0 Å². The molecule has 0 aliphatic heterocycles. The highest BCUT2D eigenvalue weighted by molar-refractivity contribution is 5.50. The van der Waals surface area contributed by atoms with Crippen molar-refractivity contribution in [1.82, 2.24) is 4.90 Å². The smallest absolute Gasteiger partial charge is 0.309 e. The van der Waals surface area contributed by atoms with Crippen molar-refractivity contribution in [3.8, 4) is 6.07 Å². The molecule has 0 aliphatic rings. The van der Waals surface area contributed by atoms with Gasteiger partial charge in [-0.15, -0.1) is 0 Å². The predicted molar refractivity (Wildman–Crippen MR) is 96.8 cm³/mol. The van der Waals surface area contributed by atoms with Crippen LogP contribution in [-0.2, 0) is 18.0 Å². The van der Waals surface area contributed by atoms with Crippen LogP contribution in [0.2, 0.25) is 0 Å². The minimum absolute atomic E-state index is 0.387. The summed E-state index contributed by atoms with van der Waals surface area (Å²) in [5.74, 6) is 0. The van der Waals surface area contributed by atoms with Crippen molar-refractivity contribution in [3.63, 3.8) is 0 Å². The molecular formula is C21H23F3N2. The van der Waals surface area contributed by atoms with Crippen LogP contribution in [0.5, 0.6) is 0 Å². The summed E-state index contributed by atoms with van der Waals surface area (Å²) in [4.78, 5) is 1.94. The first kappa shape index (κ1) is 20.0. The molecule has 0 saturated carbocycles. The molecule has 138 valence electrons. The van der Waals surface area contributed by atoms with Gasteiger partial charge in [0, 0.05) is 0 Å². The lowest BCUT2D eigenvalue weighted by Gasteiger charge is -2.31. The molecule has 1 unspecified atom stereocenters. The lowest BCUT2D eigenvalue weighted by Crippen LogP contribution is -2.32. The van der Waals surface area contributed by atoms with Gasteiger partial charge in [-0.25, -0.2) is 0 Å². The number of halogens is 3. The number of nitriles is 1. The van der Waals surface area contributed by atoms with Crippen LogP contribution < -0.4 is 0 Å². The van der Waals surface area contributed by atoms with Crippen LogP contribution in [0.15, 0.2) is 48.5 Å². The summed E-state index contributed by atoms with van der Waals surface area (Å²) in [6.45, 7) is 2.57. The first-order chi connectivity index (χ1) is 12.2. The van der Waals surface area contributed by atoms with E-state index in [1.807, 2.05) is 50.2 Å². The van der Waals surface area contributed by atoms with Crippen LogP contribution in [-0.4, -0.2) is 25.5 Å². The Morgan fingerprint density at radius 3 is 2.23 bits per heavy atom. The minimum Gasteiger partial charge on any atom is -0.309 e. The van der Waals surface area contributed by atoms with Gasteiger partial charge in [0.2, 0.25) is 0 Å². The zero-order chi connectivity index (χ0) is 19.4. The molecule has 0 aliphatic carbocycles. The third-order valence-corrected chi connectivity index (χ3v) is 4.67. The Balaban J connectivity index is 2.70. The Labute approximate surface area is 152 Å². The molecule has 2 aromatic carbocycles. The summed E-state index contributed by atoms with van der Waals surface area (Å²) in [6.07, 6.45) is -3.32. The fraction of sp³-hybridized carbons (Fsp3) is 0.381. The van der Waals surface area contributed by atoms with Crippen molar-refractivity contribution in [1.29, 1.82) is 5.26 Å². The first-order valence-electron chi connectivity index (χ1n) is 8.56. The monoisotopic (exact) mass is 360 g/mol.